The molecule has 3 aliphatic carbocycles. The van der Waals surface area contributed by atoms with Crippen LogP contribution in [0.4, 0.5) is 5.69 Å². The molecule has 60 heavy (non-hydrogen) atoms. The molecule has 2 aromatic carbocycles. The van der Waals surface area contributed by atoms with Crippen LogP contribution in [-0.2, 0) is 4.79 Å². The first-order valence-electron chi connectivity index (χ1n) is 23.8. The zero-order valence-corrected chi connectivity index (χ0v) is 37.6. The number of Topliss-reactive ketones (excluding diaryl/α,β-unsaturated/α-hetero) is 1. The smallest absolute Gasteiger partial charge is 0.199 e. The Hall–Kier alpha value is -4.70. The van der Waals surface area contributed by atoms with Gasteiger partial charge in [0.15, 0.2) is 11.5 Å². The molecule has 1 atom stereocenters. The molecule has 0 bridgehead atoms. The van der Waals surface area contributed by atoms with Crippen molar-refractivity contribution in [2.45, 2.75) is 130 Å². The first kappa shape index (κ1) is 46.4. The molecule has 0 heterocycles. The maximum Gasteiger partial charge on any atom is 0.199 e. The zero-order chi connectivity index (χ0) is 42.4. The van der Waals surface area contributed by atoms with Gasteiger partial charge in [-0.15, -0.1) is 0 Å². The van der Waals surface area contributed by atoms with Crippen LogP contribution in [0.1, 0.15) is 147 Å². The number of carbonyl (C=O) groups is 1. The normalized spacial score (nSPS) is 17.3. The van der Waals surface area contributed by atoms with Crippen molar-refractivity contribution in [2.24, 2.45) is 11.8 Å². The topological polar surface area (TPSA) is 43.5 Å². The number of benzene rings is 2. The molecule has 2 aromatic rings. The van der Waals surface area contributed by atoms with Gasteiger partial charge in [-0.3, -0.25) is 4.79 Å². The number of aliphatic hydroxyl groups excluding tert-OH is 1. The van der Waals surface area contributed by atoms with E-state index in [1.165, 1.54) is 125 Å². The summed E-state index contributed by atoms with van der Waals surface area (Å²) >= 11 is 0. The van der Waals surface area contributed by atoms with Crippen molar-refractivity contribution >= 4 is 34.9 Å². The third kappa shape index (κ3) is 14.2. The highest BCUT2D eigenvalue weighted by Crippen LogP contribution is 2.42. The predicted octanol–water partition coefficient (Wildman–Crippen LogP) is 14.6. The minimum absolute atomic E-state index is 0.00352. The zero-order valence-electron chi connectivity index (χ0n) is 37.6. The number of anilines is 1. The van der Waals surface area contributed by atoms with Crippen LogP contribution in [0.25, 0.3) is 17.7 Å². The molecule has 0 aliphatic heterocycles. The van der Waals surface area contributed by atoms with Gasteiger partial charge in [0, 0.05) is 49.7 Å². The van der Waals surface area contributed by atoms with Gasteiger partial charge in [-0.25, -0.2) is 4.58 Å². The van der Waals surface area contributed by atoms with Crippen LogP contribution in [0.15, 0.2) is 126 Å². The van der Waals surface area contributed by atoms with E-state index in [0.29, 0.717) is 5.57 Å². The number of ketones is 1. The van der Waals surface area contributed by atoms with Crippen molar-refractivity contribution in [3.05, 3.63) is 143 Å². The summed E-state index contributed by atoms with van der Waals surface area (Å²) in [6.07, 6.45) is 46.3. The minimum Gasteiger partial charge on any atom is -0.511 e. The molecular formula is C56H75N2O2+. The van der Waals surface area contributed by atoms with Crippen LogP contribution < -0.4 is 4.90 Å². The fourth-order valence-corrected chi connectivity index (χ4v) is 8.42. The summed E-state index contributed by atoms with van der Waals surface area (Å²) < 4.78 is 2.57. The highest BCUT2D eigenvalue weighted by molar-refractivity contribution is 6.30. The third-order valence-corrected chi connectivity index (χ3v) is 12.3. The summed E-state index contributed by atoms with van der Waals surface area (Å²) in [6, 6.07) is 16.9. The SMILES string of the molecule is CCCCCCN(CCCCCC)c1ccc(/C=C/c2ccc(C3=C(O)C(C4C=CC(=CC=C5C=CC(=[N+](CCCCCC)CCCCCC)C=C5)C=C4)C3=O)cc2)cc1. The van der Waals surface area contributed by atoms with Crippen molar-refractivity contribution in [1.29, 1.82) is 0 Å². The van der Waals surface area contributed by atoms with Gasteiger partial charge in [-0.1, -0.05) is 177 Å². The molecular weight excluding hydrogens is 733 g/mol. The summed E-state index contributed by atoms with van der Waals surface area (Å²) in [4.78, 5) is 16.0. The number of hydrogen-bond donors (Lipinski definition) is 1. The lowest BCUT2D eigenvalue weighted by atomic mass is 9.71. The fourth-order valence-electron chi connectivity index (χ4n) is 8.42. The molecule has 1 unspecified atom stereocenters. The van der Waals surface area contributed by atoms with Gasteiger partial charge >= 0.3 is 0 Å². The lowest BCUT2D eigenvalue weighted by Gasteiger charge is -2.32. The van der Waals surface area contributed by atoms with Gasteiger partial charge in [0.1, 0.15) is 18.8 Å². The van der Waals surface area contributed by atoms with Crippen LogP contribution in [0, 0.1) is 11.8 Å². The third-order valence-electron chi connectivity index (χ3n) is 12.3. The Morgan fingerprint density at radius 2 is 1.03 bits per heavy atom. The highest BCUT2D eigenvalue weighted by Gasteiger charge is 2.43. The maximum absolute atomic E-state index is 13.4. The van der Waals surface area contributed by atoms with E-state index in [9.17, 15) is 9.90 Å². The van der Waals surface area contributed by atoms with Crippen LogP contribution in [-0.4, -0.2) is 47.4 Å². The van der Waals surface area contributed by atoms with Gasteiger partial charge < -0.3 is 10.0 Å². The van der Waals surface area contributed by atoms with Crippen LogP contribution >= 0.6 is 0 Å². The Morgan fingerprint density at radius 1 is 0.567 bits per heavy atom. The molecule has 1 N–H and O–H groups in total. The second-order valence-electron chi connectivity index (χ2n) is 17.1. The summed E-state index contributed by atoms with van der Waals surface area (Å²) in [5.41, 5.74) is 8.33. The molecule has 0 amide bonds. The molecule has 0 saturated carbocycles. The lowest BCUT2D eigenvalue weighted by molar-refractivity contribution is -0.527. The van der Waals surface area contributed by atoms with E-state index in [-0.39, 0.29) is 17.5 Å². The van der Waals surface area contributed by atoms with Crippen molar-refractivity contribution in [2.75, 3.05) is 31.1 Å². The number of allylic oxidation sites excluding steroid dienone is 14. The van der Waals surface area contributed by atoms with Gasteiger partial charge in [-0.05, 0) is 77.8 Å². The lowest BCUT2D eigenvalue weighted by Crippen LogP contribution is -2.35. The number of hydrogen-bond acceptors (Lipinski definition) is 3. The fraction of sp³-hybridized carbons (Fsp3) is 0.464. The molecule has 0 spiro atoms. The Balaban J connectivity index is 1.14. The van der Waals surface area contributed by atoms with Crippen molar-refractivity contribution in [3.8, 4) is 0 Å². The molecule has 5 rings (SSSR count). The monoisotopic (exact) mass is 808 g/mol. The number of rotatable bonds is 26. The summed E-state index contributed by atoms with van der Waals surface area (Å²) in [6.45, 7) is 13.6. The van der Waals surface area contributed by atoms with E-state index in [1.54, 1.807) is 0 Å². The Morgan fingerprint density at radius 3 is 1.52 bits per heavy atom. The summed E-state index contributed by atoms with van der Waals surface area (Å²) in [5.74, 6) is -0.482. The Kier molecular flexibility index (Phi) is 20.0. The average molecular weight is 808 g/mol. The number of aliphatic hydroxyl groups is 1. The van der Waals surface area contributed by atoms with Gasteiger partial charge in [0.2, 0.25) is 0 Å². The minimum atomic E-state index is -0.524. The van der Waals surface area contributed by atoms with Crippen molar-refractivity contribution in [1.82, 2.24) is 0 Å². The molecule has 4 nitrogen and oxygen atoms in total. The Labute approximate surface area is 364 Å². The molecule has 0 fully saturated rings. The standard InChI is InChI=1S/C56H74N2O2/c1-5-9-13-17-41-57(42-18-14-10-6-2)51-37-29-47(30-38-51)23-21-45-25-33-49(34-26-45)53-55(59)54(56(53)60)50-35-27-46(28-36-50)22-24-48-31-39-52(40-32-48)58(43-19-15-11-7-3)44-20-16-12-8-4/h21-40,49,53H,5-20,41-44H2,1-4H3/p+1/b24-22+,45-21?. The van der Waals surface area contributed by atoms with E-state index >= 15 is 0 Å². The largest absolute Gasteiger partial charge is 0.511 e. The molecule has 3 aliphatic rings. The van der Waals surface area contributed by atoms with Gasteiger partial charge in [0.05, 0.1) is 11.5 Å². The maximum atomic E-state index is 13.4. The molecule has 320 valence electrons. The van der Waals surface area contributed by atoms with E-state index < -0.39 is 5.92 Å². The quantitative estimate of drug-likeness (QED) is 0.0585. The van der Waals surface area contributed by atoms with Crippen molar-refractivity contribution < 1.29 is 14.5 Å². The van der Waals surface area contributed by atoms with Crippen LogP contribution in [0.3, 0.4) is 0 Å². The van der Waals surface area contributed by atoms with E-state index in [1.807, 2.05) is 36.4 Å². The first-order valence-corrected chi connectivity index (χ1v) is 23.8. The summed E-state index contributed by atoms with van der Waals surface area (Å²) in [7, 11) is 0. The molecule has 0 aromatic heterocycles. The van der Waals surface area contributed by atoms with Crippen LogP contribution in [0.2, 0.25) is 0 Å². The van der Waals surface area contributed by atoms with E-state index in [0.717, 1.165) is 42.9 Å². The van der Waals surface area contributed by atoms with Crippen molar-refractivity contribution in [3.63, 3.8) is 0 Å². The number of nitrogens with zero attached hydrogens (tertiary/aromatic N) is 2. The average Bonchev–Trinajstić information content (AvgIpc) is 3.28. The van der Waals surface area contributed by atoms with Gasteiger partial charge in [0.25, 0.3) is 0 Å². The number of unbranched alkanes of at least 4 members (excludes halogenated alkanes) is 12. The first-order chi connectivity index (χ1) is 29.4. The summed E-state index contributed by atoms with van der Waals surface area (Å²) in [5, 5.41) is 11.1. The Bertz CT molecular complexity index is 1870. The highest BCUT2D eigenvalue weighted by atomic mass is 16.3. The molecule has 0 radical (unpaired) electrons. The van der Waals surface area contributed by atoms with E-state index in [2.05, 4.69) is 122 Å². The predicted molar refractivity (Wildman–Crippen MR) is 260 cm³/mol. The van der Waals surface area contributed by atoms with Gasteiger partial charge in [-0.2, -0.15) is 0 Å². The van der Waals surface area contributed by atoms with E-state index in [4.69, 9.17) is 0 Å². The number of carbonyl (C=O) groups excluding carboxylic acids is 1. The molecule has 0 saturated heterocycles. The molecule has 4 heteroatoms. The van der Waals surface area contributed by atoms with Crippen LogP contribution in [0.5, 0.6) is 0 Å². The second kappa shape index (κ2) is 25.8. The second-order valence-corrected chi connectivity index (χ2v) is 17.1.